The minimum atomic E-state index is -1.12. The van der Waals surface area contributed by atoms with Crippen LogP contribution in [0, 0.1) is 10.6 Å². The van der Waals surface area contributed by atoms with E-state index in [2.05, 4.69) is 15.3 Å². The fourth-order valence-corrected chi connectivity index (χ4v) is 5.55. The van der Waals surface area contributed by atoms with E-state index >= 15 is 0 Å². The molecule has 0 bridgehead atoms. The van der Waals surface area contributed by atoms with Crippen LogP contribution in [-0.2, 0) is 16.0 Å². The second kappa shape index (κ2) is 11.9. The molecular weight excluding hydrogens is 570 g/mol. The van der Waals surface area contributed by atoms with Crippen LogP contribution >= 0.6 is 36.2 Å². The van der Waals surface area contributed by atoms with E-state index in [9.17, 15) is 19.1 Å². The van der Waals surface area contributed by atoms with Crippen molar-refractivity contribution in [2.45, 2.75) is 12.5 Å². The molecule has 2 heterocycles. The smallest absolute Gasteiger partial charge is 0.327 e. The molecule has 40 heavy (non-hydrogen) atoms. The predicted molar refractivity (Wildman–Crippen MR) is 159 cm³/mol. The number of thiocarbonyl (C=S) groups is 1. The van der Waals surface area contributed by atoms with Crippen LogP contribution in [-0.4, -0.2) is 53.3 Å². The first-order valence-electron chi connectivity index (χ1n) is 11.9. The third kappa shape index (κ3) is 5.98. The molecule has 3 aromatic carbocycles. The van der Waals surface area contributed by atoms with Gasteiger partial charge in [-0.05, 0) is 59.2 Å². The van der Waals surface area contributed by atoms with Gasteiger partial charge in [-0.3, -0.25) is 9.69 Å². The highest BCUT2D eigenvalue weighted by Gasteiger charge is 2.40. The minimum absolute atomic E-state index is 0.146. The topological polar surface area (TPSA) is 104 Å². The van der Waals surface area contributed by atoms with Gasteiger partial charge in [0.25, 0.3) is 5.91 Å². The summed E-state index contributed by atoms with van der Waals surface area (Å²) in [6.07, 6.45) is 3.43. The number of H-pyrrole nitrogens is 1. The SMILES string of the molecule is O=C(O)[C@H](Cc1ccccc1)N1C(=O)/C(=C/c2ccc(/C=N/n3c(-c4ccc(F)cc4)n[nH]c3=S)cc2)SC1=S. The molecule has 1 fully saturated rings. The zero-order valence-electron chi connectivity index (χ0n) is 20.6. The van der Waals surface area contributed by atoms with Crippen molar-refractivity contribution in [1.29, 1.82) is 0 Å². The van der Waals surface area contributed by atoms with Crippen LogP contribution in [0.15, 0.2) is 88.9 Å². The summed E-state index contributed by atoms with van der Waals surface area (Å²) >= 11 is 11.7. The van der Waals surface area contributed by atoms with Crippen LogP contribution in [0.1, 0.15) is 16.7 Å². The lowest BCUT2D eigenvalue weighted by Gasteiger charge is -2.23. The van der Waals surface area contributed by atoms with Crippen LogP contribution in [0.4, 0.5) is 4.39 Å². The van der Waals surface area contributed by atoms with Gasteiger partial charge in [-0.2, -0.15) is 14.9 Å². The molecule has 12 heteroatoms. The number of nitrogens with one attached hydrogen (secondary N) is 1. The summed E-state index contributed by atoms with van der Waals surface area (Å²) in [6, 6.07) is 21.1. The summed E-state index contributed by atoms with van der Waals surface area (Å²) in [5.41, 5.74) is 2.94. The Balaban J connectivity index is 1.32. The maximum absolute atomic E-state index is 13.3. The third-order valence-corrected chi connectivity index (χ3v) is 7.60. The second-order valence-corrected chi connectivity index (χ2v) is 10.7. The summed E-state index contributed by atoms with van der Waals surface area (Å²) in [7, 11) is 0. The fourth-order valence-electron chi connectivity index (χ4n) is 4.01. The number of halogens is 1. The van der Waals surface area contributed by atoms with Gasteiger partial charge >= 0.3 is 5.97 Å². The quantitative estimate of drug-likeness (QED) is 0.158. The molecule has 0 unspecified atom stereocenters. The Morgan fingerprint density at radius 1 is 1.05 bits per heavy atom. The lowest BCUT2D eigenvalue weighted by atomic mass is 10.0. The highest BCUT2D eigenvalue weighted by molar-refractivity contribution is 8.26. The molecule has 0 spiro atoms. The zero-order valence-corrected chi connectivity index (χ0v) is 23.0. The Kier molecular flexibility index (Phi) is 8.10. The lowest BCUT2D eigenvalue weighted by Crippen LogP contribution is -2.45. The normalized spacial score (nSPS) is 15.3. The fraction of sp³-hybridized carbons (Fsp3) is 0.0714. The van der Waals surface area contributed by atoms with E-state index in [4.69, 9.17) is 24.4 Å². The number of carboxylic acids is 1. The molecule has 1 aliphatic rings. The van der Waals surface area contributed by atoms with Gasteiger partial charge in [-0.1, -0.05) is 78.6 Å². The van der Waals surface area contributed by atoms with Gasteiger partial charge in [0.1, 0.15) is 16.2 Å². The third-order valence-electron chi connectivity index (χ3n) is 6.00. The van der Waals surface area contributed by atoms with E-state index in [-0.39, 0.29) is 21.3 Å². The zero-order chi connectivity index (χ0) is 28.2. The number of thioether (sulfide) groups is 1. The van der Waals surface area contributed by atoms with Gasteiger partial charge in [0.2, 0.25) is 4.77 Å². The van der Waals surface area contributed by atoms with Gasteiger partial charge in [-0.25, -0.2) is 14.3 Å². The number of aromatic amines is 1. The van der Waals surface area contributed by atoms with Crippen molar-refractivity contribution in [1.82, 2.24) is 19.8 Å². The predicted octanol–water partition coefficient (Wildman–Crippen LogP) is 5.53. The number of rotatable bonds is 8. The molecule has 0 aliphatic carbocycles. The van der Waals surface area contributed by atoms with Gasteiger partial charge in [0.15, 0.2) is 5.82 Å². The Morgan fingerprint density at radius 2 is 1.73 bits per heavy atom. The Bertz CT molecular complexity index is 1700. The summed E-state index contributed by atoms with van der Waals surface area (Å²) in [6.45, 7) is 0. The van der Waals surface area contributed by atoms with Gasteiger partial charge < -0.3 is 5.11 Å². The average Bonchev–Trinajstić information content (AvgIpc) is 3.45. The minimum Gasteiger partial charge on any atom is -0.480 e. The Labute approximate surface area is 242 Å². The van der Waals surface area contributed by atoms with Crippen molar-refractivity contribution in [3.05, 3.63) is 111 Å². The highest BCUT2D eigenvalue weighted by Crippen LogP contribution is 2.34. The maximum Gasteiger partial charge on any atom is 0.327 e. The van der Waals surface area contributed by atoms with E-state index in [1.165, 1.54) is 21.7 Å². The molecule has 1 saturated heterocycles. The van der Waals surface area contributed by atoms with Crippen molar-refractivity contribution < 1.29 is 19.1 Å². The molecule has 5 rings (SSSR count). The number of hydrogen-bond acceptors (Lipinski definition) is 7. The summed E-state index contributed by atoms with van der Waals surface area (Å²) in [5, 5.41) is 21.1. The number of carbonyl (C=O) groups is 2. The standard InChI is InChI=1S/C28H20FN5O3S3/c29-21-12-10-20(11-13-21)24-31-32-27(38)34(24)30-16-19-8-6-18(7-9-19)15-23-25(35)33(28(39)40-23)22(26(36)37)14-17-4-2-1-3-5-17/h1-13,15-16,22H,14H2,(H,32,38)(H,36,37)/b23-15-,30-16+/t22-/m0/s1. The van der Waals surface area contributed by atoms with Crippen LogP contribution < -0.4 is 0 Å². The molecule has 1 atom stereocenters. The van der Waals surface area contributed by atoms with E-state index in [0.29, 0.717) is 16.3 Å². The van der Waals surface area contributed by atoms with Gasteiger partial charge in [-0.15, -0.1) is 0 Å². The molecule has 1 amide bonds. The van der Waals surface area contributed by atoms with Crippen molar-refractivity contribution in [2.75, 3.05) is 0 Å². The number of aromatic nitrogens is 3. The number of amides is 1. The average molecular weight is 590 g/mol. The molecule has 8 nitrogen and oxygen atoms in total. The number of benzene rings is 3. The number of nitrogens with zero attached hydrogens (tertiary/aromatic N) is 4. The number of hydrogen-bond donors (Lipinski definition) is 2. The molecule has 1 aromatic heterocycles. The van der Waals surface area contributed by atoms with E-state index in [1.807, 2.05) is 54.6 Å². The first kappa shape index (κ1) is 27.3. The van der Waals surface area contributed by atoms with Gasteiger partial charge in [0, 0.05) is 12.0 Å². The largest absolute Gasteiger partial charge is 0.480 e. The van der Waals surface area contributed by atoms with Crippen LogP contribution in [0.25, 0.3) is 17.5 Å². The lowest BCUT2D eigenvalue weighted by molar-refractivity contribution is -0.145. The molecule has 4 aromatic rings. The Hall–Kier alpha value is -4.26. The van der Waals surface area contributed by atoms with E-state index < -0.39 is 17.9 Å². The van der Waals surface area contributed by atoms with Crippen LogP contribution in [0.3, 0.4) is 0 Å². The van der Waals surface area contributed by atoms with Crippen molar-refractivity contribution in [2.24, 2.45) is 5.10 Å². The van der Waals surface area contributed by atoms with Crippen LogP contribution in [0.2, 0.25) is 0 Å². The van der Waals surface area contributed by atoms with E-state index in [0.717, 1.165) is 28.5 Å². The van der Waals surface area contributed by atoms with Gasteiger partial charge in [0.05, 0.1) is 11.1 Å². The van der Waals surface area contributed by atoms with E-state index in [1.54, 1.807) is 24.4 Å². The van der Waals surface area contributed by atoms with Crippen molar-refractivity contribution in [3.63, 3.8) is 0 Å². The summed E-state index contributed by atoms with van der Waals surface area (Å²) in [5.74, 6) is -1.48. The maximum atomic E-state index is 13.3. The highest BCUT2D eigenvalue weighted by atomic mass is 32.2. The number of carbonyl (C=O) groups excluding carboxylic acids is 1. The van der Waals surface area contributed by atoms with Crippen LogP contribution in [0.5, 0.6) is 0 Å². The molecule has 200 valence electrons. The molecule has 0 saturated carbocycles. The number of aliphatic carboxylic acids is 1. The second-order valence-electron chi connectivity index (χ2n) is 8.68. The van der Waals surface area contributed by atoms with Crippen molar-refractivity contribution >= 4 is 64.7 Å². The molecule has 0 radical (unpaired) electrons. The van der Waals surface area contributed by atoms with Crippen molar-refractivity contribution in [3.8, 4) is 11.4 Å². The molecule has 2 N–H and O–H groups in total. The molecule has 1 aliphatic heterocycles. The Morgan fingerprint density at radius 3 is 2.40 bits per heavy atom. The first-order chi connectivity index (χ1) is 19.3. The molecular formula is C28H20FN5O3S3. The first-order valence-corrected chi connectivity index (χ1v) is 13.5. The monoisotopic (exact) mass is 589 g/mol. The number of carboxylic acid groups (broad SMARTS) is 1. The summed E-state index contributed by atoms with van der Waals surface area (Å²) < 4.78 is 15.2. The summed E-state index contributed by atoms with van der Waals surface area (Å²) in [4.78, 5) is 26.7.